The number of likely N-dealkylation sites (N-methyl/N-ethyl adjacent to an activating group) is 1. The monoisotopic (exact) mass is 291 g/mol. The number of aromatic nitrogens is 5. The standard InChI is InChI=1S/C13H21N7O/c1-4-19(9-10-21-5-2)12-16-11(14-3)17-13(18-12)20-8-6-7-15-20/h6-8H,4-5,9-10H2,1-3H3,(H,14,16,17,18). The topological polar surface area (TPSA) is 81.0 Å². The molecule has 0 amide bonds. The second kappa shape index (κ2) is 7.53. The Balaban J connectivity index is 2.26. The van der Waals surface area contributed by atoms with E-state index in [1.807, 2.05) is 17.9 Å². The van der Waals surface area contributed by atoms with Crippen LogP contribution in [0.3, 0.4) is 0 Å². The van der Waals surface area contributed by atoms with Crippen molar-refractivity contribution < 1.29 is 4.74 Å². The number of hydrogen-bond donors (Lipinski definition) is 1. The van der Waals surface area contributed by atoms with E-state index in [1.54, 1.807) is 24.1 Å². The lowest BCUT2D eigenvalue weighted by atomic mass is 10.5. The molecular weight excluding hydrogens is 270 g/mol. The van der Waals surface area contributed by atoms with E-state index in [0.717, 1.165) is 13.1 Å². The normalized spacial score (nSPS) is 10.6. The lowest BCUT2D eigenvalue weighted by Gasteiger charge is -2.21. The highest BCUT2D eigenvalue weighted by molar-refractivity contribution is 5.39. The second-order valence-electron chi connectivity index (χ2n) is 4.24. The fraction of sp³-hybridized carbons (Fsp3) is 0.538. The molecule has 0 aliphatic carbocycles. The number of rotatable bonds is 8. The van der Waals surface area contributed by atoms with Crippen LogP contribution < -0.4 is 10.2 Å². The Kier molecular flexibility index (Phi) is 5.44. The van der Waals surface area contributed by atoms with Crippen molar-refractivity contribution in [3.05, 3.63) is 18.5 Å². The summed E-state index contributed by atoms with van der Waals surface area (Å²) in [6.45, 7) is 6.91. The van der Waals surface area contributed by atoms with Gasteiger partial charge in [0.1, 0.15) is 0 Å². The van der Waals surface area contributed by atoms with Gasteiger partial charge in [0.15, 0.2) is 0 Å². The van der Waals surface area contributed by atoms with Crippen LogP contribution in [0.1, 0.15) is 13.8 Å². The van der Waals surface area contributed by atoms with E-state index in [-0.39, 0.29) is 0 Å². The highest BCUT2D eigenvalue weighted by Crippen LogP contribution is 2.12. The molecule has 0 fully saturated rings. The third-order valence-electron chi connectivity index (χ3n) is 2.92. The molecule has 0 atom stereocenters. The first kappa shape index (κ1) is 15.2. The minimum Gasteiger partial charge on any atom is -0.380 e. The predicted molar refractivity (Wildman–Crippen MR) is 80.9 cm³/mol. The quantitative estimate of drug-likeness (QED) is 0.725. The summed E-state index contributed by atoms with van der Waals surface area (Å²) in [5.74, 6) is 1.62. The molecule has 0 aliphatic rings. The van der Waals surface area contributed by atoms with Crippen LogP contribution >= 0.6 is 0 Å². The third kappa shape index (κ3) is 3.88. The van der Waals surface area contributed by atoms with E-state index in [9.17, 15) is 0 Å². The third-order valence-corrected chi connectivity index (χ3v) is 2.92. The number of nitrogens with zero attached hydrogens (tertiary/aromatic N) is 6. The van der Waals surface area contributed by atoms with Gasteiger partial charge in [-0.2, -0.15) is 20.1 Å². The smallest absolute Gasteiger partial charge is 0.257 e. The predicted octanol–water partition coefficient (Wildman–Crippen LogP) is 0.962. The summed E-state index contributed by atoms with van der Waals surface area (Å²) >= 11 is 0. The number of ether oxygens (including phenoxy) is 1. The van der Waals surface area contributed by atoms with Crippen molar-refractivity contribution >= 4 is 11.9 Å². The van der Waals surface area contributed by atoms with Gasteiger partial charge in [-0.25, -0.2) is 4.68 Å². The highest BCUT2D eigenvalue weighted by atomic mass is 16.5. The lowest BCUT2D eigenvalue weighted by molar-refractivity contribution is 0.153. The molecule has 0 aliphatic heterocycles. The number of hydrogen-bond acceptors (Lipinski definition) is 7. The van der Waals surface area contributed by atoms with Crippen LogP contribution in [-0.2, 0) is 4.74 Å². The molecule has 0 bridgehead atoms. The molecule has 0 radical (unpaired) electrons. The van der Waals surface area contributed by atoms with Crippen molar-refractivity contribution in [2.45, 2.75) is 13.8 Å². The summed E-state index contributed by atoms with van der Waals surface area (Å²) in [6, 6.07) is 1.83. The van der Waals surface area contributed by atoms with Crippen molar-refractivity contribution in [3.8, 4) is 5.95 Å². The fourth-order valence-corrected chi connectivity index (χ4v) is 1.82. The summed E-state index contributed by atoms with van der Waals surface area (Å²) in [7, 11) is 1.78. The van der Waals surface area contributed by atoms with Crippen LogP contribution in [0.2, 0.25) is 0 Å². The van der Waals surface area contributed by atoms with Gasteiger partial charge in [0.2, 0.25) is 11.9 Å². The zero-order chi connectivity index (χ0) is 15.1. The van der Waals surface area contributed by atoms with Gasteiger partial charge in [-0.05, 0) is 19.9 Å². The average Bonchev–Trinajstić information content (AvgIpc) is 3.05. The molecule has 0 unspecified atom stereocenters. The van der Waals surface area contributed by atoms with Gasteiger partial charge >= 0.3 is 0 Å². The van der Waals surface area contributed by atoms with E-state index < -0.39 is 0 Å². The summed E-state index contributed by atoms with van der Waals surface area (Å²) in [6.07, 6.45) is 3.49. The molecule has 0 aromatic carbocycles. The highest BCUT2D eigenvalue weighted by Gasteiger charge is 2.13. The van der Waals surface area contributed by atoms with Crippen molar-refractivity contribution in [1.82, 2.24) is 24.7 Å². The van der Waals surface area contributed by atoms with Crippen LogP contribution in [0.5, 0.6) is 0 Å². The van der Waals surface area contributed by atoms with Crippen molar-refractivity contribution in [2.75, 3.05) is 43.6 Å². The number of nitrogens with one attached hydrogen (secondary N) is 1. The van der Waals surface area contributed by atoms with Gasteiger partial charge < -0.3 is 15.0 Å². The second-order valence-corrected chi connectivity index (χ2v) is 4.24. The SMILES string of the molecule is CCOCCN(CC)c1nc(NC)nc(-n2cccn2)n1. The fourth-order valence-electron chi connectivity index (χ4n) is 1.82. The molecule has 2 aromatic heterocycles. The minimum absolute atomic E-state index is 0.490. The maximum absolute atomic E-state index is 5.40. The molecule has 0 spiro atoms. The molecule has 1 N–H and O–H groups in total. The average molecular weight is 291 g/mol. The Hall–Kier alpha value is -2.22. The summed E-state index contributed by atoms with van der Waals surface area (Å²) in [5, 5.41) is 7.11. The molecule has 8 nitrogen and oxygen atoms in total. The van der Waals surface area contributed by atoms with Gasteiger partial charge in [-0.15, -0.1) is 0 Å². The van der Waals surface area contributed by atoms with E-state index in [0.29, 0.717) is 31.1 Å². The molecule has 114 valence electrons. The lowest BCUT2D eigenvalue weighted by Crippen LogP contribution is -2.29. The maximum atomic E-state index is 5.40. The van der Waals surface area contributed by atoms with Gasteiger partial charge in [-0.3, -0.25) is 0 Å². The van der Waals surface area contributed by atoms with Crippen LogP contribution in [0.4, 0.5) is 11.9 Å². The largest absolute Gasteiger partial charge is 0.380 e. The molecule has 2 heterocycles. The van der Waals surface area contributed by atoms with Crippen molar-refractivity contribution in [1.29, 1.82) is 0 Å². The van der Waals surface area contributed by atoms with E-state index >= 15 is 0 Å². The van der Waals surface area contributed by atoms with Crippen LogP contribution in [0, 0.1) is 0 Å². The van der Waals surface area contributed by atoms with Gasteiger partial charge in [0, 0.05) is 39.1 Å². The van der Waals surface area contributed by atoms with Crippen LogP contribution in [0.25, 0.3) is 5.95 Å². The van der Waals surface area contributed by atoms with E-state index in [2.05, 4.69) is 32.3 Å². The summed E-state index contributed by atoms with van der Waals surface area (Å²) < 4.78 is 7.01. The molecule has 2 aromatic rings. The maximum Gasteiger partial charge on any atom is 0.257 e. The molecule has 2 rings (SSSR count). The summed E-state index contributed by atoms with van der Waals surface area (Å²) in [4.78, 5) is 15.3. The van der Waals surface area contributed by atoms with Gasteiger partial charge in [0.05, 0.1) is 6.61 Å². The Morgan fingerprint density at radius 2 is 2.14 bits per heavy atom. The molecular formula is C13H21N7O. The molecule has 0 saturated carbocycles. The minimum atomic E-state index is 0.490. The zero-order valence-corrected chi connectivity index (χ0v) is 12.7. The Bertz CT molecular complexity index is 543. The molecule has 0 saturated heterocycles. The molecule has 8 heteroatoms. The van der Waals surface area contributed by atoms with Crippen molar-refractivity contribution in [3.63, 3.8) is 0 Å². The Morgan fingerprint density at radius 1 is 1.29 bits per heavy atom. The van der Waals surface area contributed by atoms with Crippen molar-refractivity contribution in [2.24, 2.45) is 0 Å². The van der Waals surface area contributed by atoms with Gasteiger partial charge in [-0.1, -0.05) is 0 Å². The zero-order valence-electron chi connectivity index (χ0n) is 12.7. The first-order valence-corrected chi connectivity index (χ1v) is 7.05. The number of anilines is 2. The van der Waals surface area contributed by atoms with Crippen LogP contribution in [-0.4, -0.2) is 58.1 Å². The first-order chi connectivity index (χ1) is 10.3. The Labute approximate surface area is 124 Å². The van der Waals surface area contributed by atoms with Crippen LogP contribution in [0.15, 0.2) is 18.5 Å². The first-order valence-electron chi connectivity index (χ1n) is 7.05. The van der Waals surface area contributed by atoms with Gasteiger partial charge in [0.25, 0.3) is 5.95 Å². The summed E-state index contributed by atoms with van der Waals surface area (Å²) in [5.41, 5.74) is 0. The van der Waals surface area contributed by atoms with E-state index in [4.69, 9.17) is 4.74 Å². The van der Waals surface area contributed by atoms with E-state index in [1.165, 1.54) is 0 Å². The Morgan fingerprint density at radius 3 is 2.76 bits per heavy atom. The molecule has 21 heavy (non-hydrogen) atoms.